The summed E-state index contributed by atoms with van der Waals surface area (Å²) in [6.07, 6.45) is 0.0833. The molecule has 0 spiro atoms. The lowest BCUT2D eigenvalue weighted by molar-refractivity contribution is -0.159. The first-order valence-electron chi connectivity index (χ1n) is 13.1. The Labute approximate surface area is 215 Å². The van der Waals surface area contributed by atoms with E-state index in [4.69, 9.17) is 9.47 Å². The van der Waals surface area contributed by atoms with Gasteiger partial charge in [0.05, 0.1) is 41.4 Å². The number of hydrogen-bond acceptors (Lipinski definition) is 7. The van der Waals surface area contributed by atoms with Crippen LogP contribution in [0.5, 0.6) is 0 Å². The minimum absolute atomic E-state index is 0.0497. The van der Waals surface area contributed by atoms with Gasteiger partial charge < -0.3 is 29.7 Å². The maximum Gasteiger partial charge on any atom is 0.416 e. The van der Waals surface area contributed by atoms with Gasteiger partial charge in [-0.1, -0.05) is 0 Å². The van der Waals surface area contributed by atoms with Gasteiger partial charge in [-0.25, -0.2) is 4.98 Å². The molecule has 3 aliphatic heterocycles. The standard InChI is InChI=1S/C26H37F3N4O4/c1-24(2,35)25(7-4-17(12-25)31-20-6-9-37-15-21(20)36-3)23(34)33-14-18-11-19(33)13-32(18)22-10-16(5-8-30-22)26(27,28)29/h5,8,10,17-21,31,35H,4,6-7,9,11-15H2,1-3H3/t17-,18-,19-,20+,21-,25-/m1/s1. The van der Waals surface area contributed by atoms with Crippen molar-refractivity contribution in [2.45, 2.75) is 88.0 Å². The predicted molar refractivity (Wildman–Crippen MR) is 130 cm³/mol. The summed E-state index contributed by atoms with van der Waals surface area (Å²) in [6.45, 7) is 5.48. The number of aliphatic hydroxyl groups is 1. The number of carbonyl (C=O) groups excluding carboxylic acids is 1. The Balaban J connectivity index is 1.29. The molecule has 5 rings (SSSR count). The summed E-state index contributed by atoms with van der Waals surface area (Å²) in [6, 6.07) is 2.05. The fraction of sp³-hybridized carbons (Fsp3) is 0.769. The lowest BCUT2D eigenvalue weighted by Gasteiger charge is -2.45. The van der Waals surface area contributed by atoms with Crippen molar-refractivity contribution in [2.24, 2.45) is 5.41 Å². The molecule has 4 aliphatic rings. The zero-order valence-corrected chi connectivity index (χ0v) is 21.6. The Morgan fingerprint density at radius 2 is 2.05 bits per heavy atom. The minimum atomic E-state index is -4.43. The molecule has 6 atom stereocenters. The Bertz CT molecular complexity index is 1000. The van der Waals surface area contributed by atoms with E-state index in [0.29, 0.717) is 51.4 Å². The number of anilines is 1. The SMILES string of the molecule is CO[C@@H]1COCC[C@@H]1N[C@@H]1CC[C@@](C(=O)N2C[C@H]3C[C@@H]2CN3c2cc(C(F)(F)F)ccn2)(C(C)(C)O)C1. The van der Waals surface area contributed by atoms with E-state index in [2.05, 4.69) is 10.3 Å². The molecular formula is C26H37F3N4O4. The zero-order valence-electron chi connectivity index (χ0n) is 21.6. The molecule has 0 aromatic carbocycles. The third kappa shape index (κ3) is 4.84. The second-order valence-corrected chi connectivity index (χ2v) is 11.5. The van der Waals surface area contributed by atoms with Crippen LogP contribution < -0.4 is 10.2 Å². The molecular weight excluding hydrogens is 489 g/mol. The Kier molecular flexibility index (Phi) is 6.96. The normalized spacial score (nSPS) is 34.4. The quantitative estimate of drug-likeness (QED) is 0.589. The van der Waals surface area contributed by atoms with Crippen LogP contribution in [0.15, 0.2) is 18.3 Å². The van der Waals surface area contributed by atoms with Crippen LogP contribution in [0.4, 0.5) is 19.0 Å². The highest BCUT2D eigenvalue weighted by Crippen LogP contribution is 2.50. The van der Waals surface area contributed by atoms with Gasteiger partial charge in [0.2, 0.25) is 5.91 Å². The number of pyridine rings is 1. The van der Waals surface area contributed by atoms with Crippen molar-refractivity contribution >= 4 is 11.7 Å². The Morgan fingerprint density at radius 1 is 1.27 bits per heavy atom. The van der Waals surface area contributed by atoms with Crippen molar-refractivity contribution in [3.63, 3.8) is 0 Å². The summed E-state index contributed by atoms with van der Waals surface area (Å²) in [5, 5.41) is 15.0. The Morgan fingerprint density at radius 3 is 2.70 bits per heavy atom. The number of ether oxygens (including phenoxy) is 2. The van der Waals surface area contributed by atoms with Crippen molar-refractivity contribution in [1.29, 1.82) is 0 Å². The number of aromatic nitrogens is 1. The first-order valence-corrected chi connectivity index (χ1v) is 13.1. The highest BCUT2D eigenvalue weighted by atomic mass is 19.4. The molecule has 4 heterocycles. The molecule has 8 nitrogen and oxygen atoms in total. The van der Waals surface area contributed by atoms with Gasteiger partial charge in [0.15, 0.2) is 0 Å². The topological polar surface area (TPSA) is 87.2 Å². The fourth-order valence-corrected chi connectivity index (χ4v) is 6.86. The van der Waals surface area contributed by atoms with Crippen molar-refractivity contribution in [3.05, 3.63) is 23.9 Å². The van der Waals surface area contributed by atoms with Crippen LogP contribution in [-0.4, -0.2) is 90.2 Å². The number of rotatable bonds is 6. The number of fused-ring (bicyclic) bond motifs is 2. The van der Waals surface area contributed by atoms with Crippen molar-refractivity contribution in [2.75, 3.05) is 38.3 Å². The van der Waals surface area contributed by atoms with E-state index in [-0.39, 0.29) is 36.2 Å². The number of methoxy groups -OCH3 is 1. The zero-order chi connectivity index (χ0) is 26.6. The van der Waals surface area contributed by atoms with Crippen LogP contribution in [0.1, 0.15) is 51.5 Å². The number of alkyl halides is 3. The molecule has 206 valence electrons. The molecule has 11 heteroatoms. The van der Waals surface area contributed by atoms with E-state index in [1.165, 1.54) is 6.20 Å². The number of amides is 1. The van der Waals surface area contributed by atoms with Crippen molar-refractivity contribution < 1.29 is 32.5 Å². The van der Waals surface area contributed by atoms with Gasteiger partial charge >= 0.3 is 6.18 Å². The largest absolute Gasteiger partial charge is 0.416 e. The number of hydrogen-bond donors (Lipinski definition) is 2. The third-order valence-electron chi connectivity index (χ3n) is 9.02. The third-order valence-corrected chi connectivity index (χ3v) is 9.02. The van der Waals surface area contributed by atoms with E-state index in [9.17, 15) is 23.1 Å². The van der Waals surface area contributed by atoms with E-state index in [0.717, 1.165) is 25.0 Å². The summed E-state index contributed by atoms with van der Waals surface area (Å²) < 4.78 is 50.8. The lowest BCUT2D eigenvalue weighted by Crippen LogP contribution is -2.59. The van der Waals surface area contributed by atoms with Gasteiger partial charge in [0.1, 0.15) is 5.82 Å². The van der Waals surface area contributed by atoms with Gasteiger partial charge in [-0.15, -0.1) is 0 Å². The van der Waals surface area contributed by atoms with E-state index in [1.807, 2.05) is 9.80 Å². The summed E-state index contributed by atoms with van der Waals surface area (Å²) in [4.78, 5) is 22.0. The highest BCUT2D eigenvalue weighted by Gasteiger charge is 2.59. The molecule has 1 aromatic heterocycles. The number of nitrogens with zero attached hydrogens (tertiary/aromatic N) is 3. The van der Waals surface area contributed by atoms with Crippen molar-refractivity contribution in [3.8, 4) is 0 Å². The van der Waals surface area contributed by atoms with Crippen LogP contribution in [-0.2, 0) is 20.4 Å². The monoisotopic (exact) mass is 526 g/mol. The summed E-state index contributed by atoms with van der Waals surface area (Å²) >= 11 is 0. The minimum Gasteiger partial charge on any atom is -0.389 e. The number of piperazine rings is 1. The predicted octanol–water partition coefficient (Wildman–Crippen LogP) is 2.59. The molecule has 1 amide bonds. The summed E-state index contributed by atoms with van der Waals surface area (Å²) in [5.41, 5.74) is -2.87. The van der Waals surface area contributed by atoms with Gasteiger partial charge in [-0.3, -0.25) is 4.79 Å². The van der Waals surface area contributed by atoms with E-state index < -0.39 is 22.8 Å². The van der Waals surface area contributed by atoms with Crippen molar-refractivity contribution in [1.82, 2.24) is 15.2 Å². The van der Waals surface area contributed by atoms with Gasteiger partial charge in [-0.05, 0) is 58.1 Å². The second-order valence-electron chi connectivity index (χ2n) is 11.5. The van der Waals surface area contributed by atoms with Crippen LogP contribution in [0.3, 0.4) is 0 Å². The number of nitrogens with one attached hydrogen (secondary N) is 1. The van der Waals surface area contributed by atoms with Crippen LogP contribution in [0.2, 0.25) is 0 Å². The first kappa shape index (κ1) is 26.6. The molecule has 4 fully saturated rings. The Hall–Kier alpha value is -1.95. The number of halogens is 3. The molecule has 1 saturated carbocycles. The van der Waals surface area contributed by atoms with E-state index in [1.54, 1.807) is 21.0 Å². The molecule has 2 N–H and O–H groups in total. The van der Waals surface area contributed by atoms with Gasteiger partial charge in [0.25, 0.3) is 0 Å². The first-order chi connectivity index (χ1) is 17.4. The molecule has 1 aliphatic carbocycles. The van der Waals surface area contributed by atoms with E-state index >= 15 is 0 Å². The average Bonchev–Trinajstić information content (AvgIpc) is 3.58. The number of likely N-dealkylation sites (tertiary alicyclic amines) is 1. The molecule has 0 unspecified atom stereocenters. The molecule has 2 bridgehead atoms. The molecule has 37 heavy (non-hydrogen) atoms. The van der Waals surface area contributed by atoms with Gasteiger partial charge in [-0.2, -0.15) is 13.2 Å². The smallest absolute Gasteiger partial charge is 0.389 e. The molecule has 1 aromatic rings. The van der Waals surface area contributed by atoms with Crippen LogP contribution in [0.25, 0.3) is 0 Å². The molecule has 0 radical (unpaired) electrons. The summed E-state index contributed by atoms with van der Waals surface area (Å²) in [7, 11) is 1.67. The lowest BCUT2D eigenvalue weighted by atomic mass is 9.70. The fourth-order valence-electron chi connectivity index (χ4n) is 6.86. The average molecular weight is 527 g/mol. The van der Waals surface area contributed by atoms with Crippen LogP contribution in [0, 0.1) is 5.41 Å². The maximum absolute atomic E-state index is 14.1. The number of carbonyl (C=O) groups is 1. The molecule has 3 saturated heterocycles. The summed E-state index contributed by atoms with van der Waals surface area (Å²) in [5.74, 6) is 0.240. The second kappa shape index (κ2) is 9.66. The maximum atomic E-state index is 14.1. The van der Waals surface area contributed by atoms with Gasteiger partial charge in [0, 0.05) is 45.1 Å². The van der Waals surface area contributed by atoms with Crippen LogP contribution >= 0.6 is 0 Å². The highest BCUT2D eigenvalue weighted by molar-refractivity contribution is 5.85.